The van der Waals surface area contributed by atoms with Gasteiger partial charge in [0.05, 0.1) is 19.3 Å². The maximum atomic E-state index is 5.84. The van der Waals surface area contributed by atoms with Crippen molar-refractivity contribution in [2.75, 3.05) is 46.0 Å². The van der Waals surface area contributed by atoms with Crippen LogP contribution in [0.3, 0.4) is 0 Å². The second-order valence-corrected chi connectivity index (χ2v) is 8.58. The summed E-state index contributed by atoms with van der Waals surface area (Å²) in [6.07, 6.45) is 3.39. The normalized spacial score (nSPS) is 19.8. The minimum Gasteiger partial charge on any atom is -0.379 e. The summed E-state index contributed by atoms with van der Waals surface area (Å²) in [5.74, 6) is 0.891. The van der Waals surface area contributed by atoms with Gasteiger partial charge in [0.25, 0.3) is 0 Å². The van der Waals surface area contributed by atoms with Crippen molar-refractivity contribution in [3.8, 4) is 0 Å². The lowest BCUT2D eigenvalue weighted by atomic mass is 9.94. The fraction of sp³-hybridized carbons (Fsp3) is 0.696. The predicted molar refractivity (Wildman–Crippen MR) is 134 cm³/mol. The zero-order chi connectivity index (χ0) is 20.5. The van der Waals surface area contributed by atoms with Crippen molar-refractivity contribution in [2.45, 2.75) is 58.2 Å². The highest BCUT2D eigenvalue weighted by atomic mass is 127. The van der Waals surface area contributed by atoms with E-state index in [1.54, 1.807) is 0 Å². The molecule has 0 spiro atoms. The third-order valence-electron chi connectivity index (χ3n) is 5.81. The predicted octanol–water partition coefficient (Wildman–Crippen LogP) is 3.19. The molecule has 2 heterocycles. The van der Waals surface area contributed by atoms with Crippen LogP contribution in [0.1, 0.15) is 44.7 Å². The second kappa shape index (κ2) is 12.8. The lowest BCUT2D eigenvalue weighted by Crippen LogP contribution is -2.49. The molecule has 0 radical (unpaired) electrons. The molecule has 1 aromatic carbocycles. The molecule has 1 unspecified atom stereocenters. The zero-order valence-corrected chi connectivity index (χ0v) is 21.1. The van der Waals surface area contributed by atoms with Crippen LogP contribution in [0.4, 0.5) is 0 Å². The van der Waals surface area contributed by atoms with Crippen molar-refractivity contribution in [3.63, 3.8) is 0 Å². The average Bonchev–Trinajstić information content (AvgIpc) is 3.25. The molecule has 2 aliphatic heterocycles. The number of halogens is 1. The van der Waals surface area contributed by atoms with Crippen molar-refractivity contribution in [1.82, 2.24) is 15.5 Å². The van der Waals surface area contributed by atoms with E-state index in [1.807, 2.05) is 0 Å². The molecule has 1 atom stereocenters. The van der Waals surface area contributed by atoms with Gasteiger partial charge in [0.15, 0.2) is 5.96 Å². The van der Waals surface area contributed by atoms with Gasteiger partial charge in [-0.25, -0.2) is 0 Å². The maximum absolute atomic E-state index is 5.84. The van der Waals surface area contributed by atoms with Gasteiger partial charge in [-0.15, -0.1) is 24.0 Å². The van der Waals surface area contributed by atoms with Crippen LogP contribution in [0.5, 0.6) is 0 Å². The Kier molecular flexibility index (Phi) is 10.8. The van der Waals surface area contributed by atoms with E-state index in [2.05, 4.69) is 60.6 Å². The standard InChI is InChI=1S/C23H38N4O2.HI/c1-4-24-22(25-12-7-14-29-21-11-15-28-17-21)26-18-23(2,3)27-13-10-19-8-5-6-9-20(19)16-27;/h5-6,8-9,21H,4,7,10-18H2,1-3H3,(H2,24,25,26);1H. The van der Waals surface area contributed by atoms with Gasteiger partial charge in [0.1, 0.15) is 0 Å². The molecule has 170 valence electrons. The lowest BCUT2D eigenvalue weighted by Gasteiger charge is -2.40. The number of guanidine groups is 1. The SMILES string of the molecule is CCNC(=NCC(C)(C)N1CCc2ccccc2C1)NCCCOC1CCOC1.I. The molecule has 1 saturated heterocycles. The van der Waals surface area contributed by atoms with Gasteiger partial charge in [-0.2, -0.15) is 0 Å². The van der Waals surface area contributed by atoms with E-state index < -0.39 is 0 Å². The highest BCUT2D eigenvalue weighted by molar-refractivity contribution is 14.0. The Bertz CT molecular complexity index is 662. The van der Waals surface area contributed by atoms with Crippen LogP contribution < -0.4 is 10.6 Å². The van der Waals surface area contributed by atoms with Gasteiger partial charge < -0.3 is 20.1 Å². The van der Waals surface area contributed by atoms with Crippen LogP contribution in [0, 0.1) is 0 Å². The molecule has 30 heavy (non-hydrogen) atoms. The number of nitrogens with zero attached hydrogens (tertiary/aromatic N) is 2. The molecule has 3 rings (SSSR count). The quantitative estimate of drug-likeness (QED) is 0.222. The minimum atomic E-state index is 0. The van der Waals surface area contributed by atoms with Crippen molar-refractivity contribution in [2.24, 2.45) is 4.99 Å². The molecule has 0 saturated carbocycles. The van der Waals surface area contributed by atoms with E-state index in [0.29, 0.717) is 0 Å². The summed E-state index contributed by atoms with van der Waals surface area (Å²) >= 11 is 0. The smallest absolute Gasteiger partial charge is 0.191 e. The number of fused-ring (bicyclic) bond motifs is 1. The Labute approximate surface area is 199 Å². The first-order valence-corrected chi connectivity index (χ1v) is 11.1. The van der Waals surface area contributed by atoms with E-state index in [9.17, 15) is 0 Å². The van der Waals surface area contributed by atoms with Crippen LogP contribution >= 0.6 is 24.0 Å². The van der Waals surface area contributed by atoms with Crippen molar-refractivity contribution >= 4 is 29.9 Å². The third-order valence-corrected chi connectivity index (χ3v) is 5.81. The summed E-state index contributed by atoms with van der Waals surface area (Å²) < 4.78 is 11.2. The molecule has 0 aromatic heterocycles. The molecule has 1 fully saturated rings. The highest BCUT2D eigenvalue weighted by Crippen LogP contribution is 2.25. The van der Waals surface area contributed by atoms with Crippen LogP contribution in [0.15, 0.2) is 29.3 Å². The number of rotatable bonds is 9. The molecular weight excluding hydrogens is 491 g/mol. The summed E-state index contributed by atoms with van der Waals surface area (Å²) in [5.41, 5.74) is 2.96. The van der Waals surface area contributed by atoms with Crippen LogP contribution in [0.25, 0.3) is 0 Å². The van der Waals surface area contributed by atoms with Crippen LogP contribution in [0.2, 0.25) is 0 Å². The van der Waals surface area contributed by atoms with E-state index in [1.165, 1.54) is 11.1 Å². The number of nitrogens with one attached hydrogen (secondary N) is 2. The average molecular weight is 530 g/mol. The van der Waals surface area contributed by atoms with Gasteiger partial charge in [0.2, 0.25) is 0 Å². The monoisotopic (exact) mass is 530 g/mol. The minimum absolute atomic E-state index is 0. The Hall–Kier alpha value is -0.900. The topological polar surface area (TPSA) is 58.1 Å². The van der Waals surface area contributed by atoms with E-state index in [4.69, 9.17) is 14.5 Å². The van der Waals surface area contributed by atoms with Gasteiger partial charge >= 0.3 is 0 Å². The van der Waals surface area contributed by atoms with Crippen LogP contribution in [-0.4, -0.2) is 68.5 Å². The Morgan fingerprint density at radius 3 is 2.80 bits per heavy atom. The van der Waals surface area contributed by atoms with Gasteiger partial charge in [-0.1, -0.05) is 24.3 Å². The van der Waals surface area contributed by atoms with Crippen molar-refractivity contribution < 1.29 is 9.47 Å². The molecule has 0 amide bonds. The first-order chi connectivity index (χ1) is 14.1. The largest absolute Gasteiger partial charge is 0.379 e. The molecular formula is C23H39IN4O2. The summed E-state index contributed by atoms with van der Waals surface area (Å²) in [6, 6.07) is 8.80. The summed E-state index contributed by atoms with van der Waals surface area (Å²) in [7, 11) is 0. The molecule has 1 aromatic rings. The molecule has 0 bridgehead atoms. The van der Waals surface area contributed by atoms with Crippen molar-refractivity contribution in [3.05, 3.63) is 35.4 Å². The first-order valence-electron chi connectivity index (χ1n) is 11.1. The molecule has 2 N–H and O–H groups in total. The summed E-state index contributed by atoms with van der Waals surface area (Å²) in [6.45, 7) is 13.6. The van der Waals surface area contributed by atoms with Gasteiger partial charge in [-0.05, 0) is 51.2 Å². The molecule has 7 heteroatoms. The summed E-state index contributed by atoms with van der Waals surface area (Å²) in [4.78, 5) is 7.44. The van der Waals surface area contributed by atoms with E-state index in [0.717, 1.165) is 77.8 Å². The third kappa shape index (κ3) is 7.66. The number of hydrogen-bond acceptors (Lipinski definition) is 4. The second-order valence-electron chi connectivity index (χ2n) is 8.58. The Balaban J connectivity index is 0.00000320. The Morgan fingerprint density at radius 2 is 2.07 bits per heavy atom. The molecule has 0 aliphatic carbocycles. The molecule has 6 nitrogen and oxygen atoms in total. The first kappa shape index (κ1) is 25.4. The van der Waals surface area contributed by atoms with E-state index >= 15 is 0 Å². The van der Waals surface area contributed by atoms with Gasteiger partial charge in [0, 0.05) is 44.9 Å². The maximum Gasteiger partial charge on any atom is 0.191 e. The van der Waals surface area contributed by atoms with Gasteiger partial charge in [-0.3, -0.25) is 9.89 Å². The lowest BCUT2D eigenvalue weighted by molar-refractivity contribution is 0.0420. The van der Waals surface area contributed by atoms with Crippen molar-refractivity contribution in [1.29, 1.82) is 0 Å². The fourth-order valence-corrected chi connectivity index (χ4v) is 3.90. The zero-order valence-electron chi connectivity index (χ0n) is 18.8. The number of benzene rings is 1. The summed E-state index contributed by atoms with van der Waals surface area (Å²) in [5, 5.41) is 6.81. The molecule has 2 aliphatic rings. The number of ether oxygens (including phenoxy) is 2. The Morgan fingerprint density at radius 1 is 1.27 bits per heavy atom. The van der Waals surface area contributed by atoms with Crippen LogP contribution in [-0.2, 0) is 22.4 Å². The number of aliphatic imine (C=N–C) groups is 1. The number of hydrogen-bond donors (Lipinski definition) is 2. The van der Waals surface area contributed by atoms with E-state index in [-0.39, 0.29) is 35.6 Å². The fourth-order valence-electron chi connectivity index (χ4n) is 3.90. The highest BCUT2D eigenvalue weighted by Gasteiger charge is 2.29.